The first kappa shape index (κ1) is 26.6. The Balaban J connectivity index is 1.25. The number of benzene rings is 1. The topological polar surface area (TPSA) is 109 Å². The molecule has 10 nitrogen and oxygen atoms in total. The molecule has 0 aliphatic carbocycles. The van der Waals surface area contributed by atoms with E-state index < -0.39 is 5.60 Å². The van der Waals surface area contributed by atoms with Crippen LogP contribution in [0.15, 0.2) is 48.9 Å². The lowest BCUT2D eigenvalue weighted by atomic mass is 10.1. The molecule has 1 unspecified atom stereocenters. The number of ether oxygens (including phenoxy) is 2. The zero-order valence-electron chi connectivity index (χ0n) is 23.1. The highest BCUT2D eigenvalue weighted by Crippen LogP contribution is 2.26. The summed E-state index contributed by atoms with van der Waals surface area (Å²) in [4.78, 5) is 37.9. The molecule has 4 heterocycles. The first-order chi connectivity index (χ1) is 18.7. The zero-order chi connectivity index (χ0) is 27.6. The summed E-state index contributed by atoms with van der Waals surface area (Å²) >= 11 is 0. The molecule has 39 heavy (non-hydrogen) atoms. The number of pyridine rings is 1. The molecule has 4 aromatic rings. The number of hydrogen-bond acceptors (Lipinski definition) is 8. The van der Waals surface area contributed by atoms with E-state index in [4.69, 9.17) is 14.5 Å². The van der Waals surface area contributed by atoms with Crippen molar-refractivity contribution in [3.63, 3.8) is 0 Å². The Hall–Kier alpha value is -4.05. The highest BCUT2D eigenvalue weighted by Gasteiger charge is 2.28. The van der Waals surface area contributed by atoms with Gasteiger partial charge in [-0.3, -0.25) is 9.88 Å². The zero-order valence-corrected chi connectivity index (χ0v) is 23.1. The SMILES string of the molecule is COc1cc(-c2ccc3nc(Cc4cc(C(C)N5CCN(C(=O)OC(C)(C)C)CC5)ccn4)[nH]c3c2)ncn1. The highest BCUT2D eigenvalue weighted by molar-refractivity contribution is 5.81. The van der Waals surface area contributed by atoms with Crippen LogP contribution < -0.4 is 4.74 Å². The van der Waals surface area contributed by atoms with Crippen LogP contribution in [-0.2, 0) is 11.2 Å². The van der Waals surface area contributed by atoms with E-state index in [2.05, 4.69) is 43.9 Å². The Labute approximate surface area is 228 Å². The van der Waals surface area contributed by atoms with Gasteiger partial charge in [-0.2, -0.15) is 0 Å². The summed E-state index contributed by atoms with van der Waals surface area (Å²) in [6.45, 7) is 10.8. The minimum Gasteiger partial charge on any atom is -0.481 e. The number of carbonyl (C=O) groups is 1. The van der Waals surface area contributed by atoms with Crippen LogP contribution in [0.1, 0.15) is 50.8 Å². The Kier molecular flexibility index (Phi) is 7.47. The van der Waals surface area contributed by atoms with Gasteiger partial charge in [-0.05, 0) is 57.5 Å². The summed E-state index contributed by atoms with van der Waals surface area (Å²) in [5.41, 5.74) is 5.24. The van der Waals surface area contributed by atoms with Crippen molar-refractivity contribution in [3.8, 4) is 17.1 Å². The predicted molar refractivity (Wildman–Crippen MR) is 149 cm³/mol. The second-order valence-corrected chi connectivity index (χ2v) is 10.8. The third-order valence-electron chi connectivity index (χ3n) is 6.86. The van der Waals surface area contributed by atoms with Gasteiger partial charge < -0.3 is 19.4 Å². The Bertz CT molecular complexity index is 1450. The number of methoxy groups -OCH3 is 1. The van der Waals surface area contributed by atoms with E-state index in [-0.39, 0.29) is 12.1 Å². The second kappa shape index (κ2) is 11.0. The van der Waals surface area contributed by atoms with Gasteiger partial charge in [0, 0.05) is 62.2 Å². The molecule has 1 fully saturated rings. The fourth-order valence-corrected chi connectivity index (χ4v) is 4.77. The van der Waals surface area contributed by atoms with E-state index in [9.17, 15) is 4.79 Å². The van der Waals surface area contributed by atoms with Crippen molar-refractivity contribution < 1.29 is 14.3 Å². The molecule has 3 aromatic heterocycles. The first-order valence-electron chi connectivity index (χ1n) is 13.2. The van der Waals surface area contributed by atoms with E-state index in [0.29, 0.717) is 25.4 Å². The molecule has 1 aromatic carbocycles. The van der Waals surface area contributed by atoms with Crippen LogP contribution >= 0.6 is 0 Å². The molecule has 1 saturated heterocycles. The van der Waals surface area contributed by atoms with Gasteiger partial charge in [0.25, 0.3) is 0 Å². The summed E-state index contributed by atoms with van der Waals surface area (Å²) in [5, 5.41) is 0. The van der Waals surface area contributed by atoms with Crippen LogP contribution in [0.4, 0.5) is 4.79 Å². The van der Waals surface area contributed by atoms with Crippen molar-refractivity contribution >= 4 is 17.1 Å². The van der Waals surface area contributed by atoms with Crippen LogP contribution in [0.25, 0.3) is 22.3 Å². The quantitative estimate of drug-likeness (QED) is 0.385. The molecule has 1 amide bonds. The number of H-pyrrole nitrogens is 1. The number of hydrogen-bond donors (Lipinski definition) is 1. The number of aromatic amines is 1. The van der Waals surface area contributed by atoms with E-state index >= 15 is 0 Å². The van der Waals surface area contributed by atoms with Gasteiger partial charge in [0.2, 0.25) is 5.88 Å². The highest BCUT2D eigenvalue weighted by atomic mass is 16.6. The van der Waals surface area contributed by atoms with E-state index in [0.717, 1.165) is 46.9 Å². The van der Waals surface area contributed by atoms with Crippen LogP contribution in [0.2, 0.25) is 0 Å². The van der Waals surface area contributed by atoms with Gasteiger partial charge in [0.05, 0.1) is 23.8 Å². The molecule has 204 valence electrons. The number of carbonyl (C=O) groups excluding carboxylic acids is 1. The summed E-state index contributed by atoms with van der Waals surface area (Å²) < 4.78 is 10.8. The van der Waals surface area contributed by atoms with E-state index in [1.807, 2.05) is 51.2 Å². The standard InChI is InChI=1S/C29H35N7O3/c1-19(35-10-12-36(13-11-35)28(37)39-29(2,3)4)20-8-9-30-22(14-20)16-26-33-23-7-6-21(15-25(23)34-26)24-17-27(38-5)32-18-31-24/h6-9,14-15,17-19H,10-13,16H2,1-5H3,(H,33,34). The van der Waals surface area contributed by atoms with Crippen LogP contribution in [0.5, 0.6) is 5.88 Å². The normalized spacial score (nSPS) is 15.4. The minimum atomic E-state index is -0.484. The lowest BCUT2D eigenvalue weighted by Crippen LogP contribution is -2.50. The van der Waals surface area contributed by atoms with E-state index in [1.54, 1.807) is 12.0 Å². The van der Waals surface area contributed by atoms with Crippen LogP contribution in [0, 0.1) is 0 Å². The average Bonchev–Trinajstić information content (AvgIpc) is 3.33. The van der Waals surface area contributed by atoms with Crippen LogP contribution in [0.3, 0.4) is 0 Å². The fourth-order valence-electron chi connectivity index (χ4n) is 4.77. The number of amides is 1. The third-order valence-corrected chi connectivity index (χ3v) is 6.86. The van der Waals surface area contributed by atoms with Gasteiger partial charge >= 0.3 is 6.09 Å². The monoisotopic (exact) mass is 529 g/mol. The lowest BCUT2D eigenvalue weighted by molar-refractivity contribution is 0.0110. The van der Waals surface area contributed by atoms with E-state index in [1.165, 1.54) is 11.9 Å². The summed E-state index contributed by atoms with van der Waals surface area (Å²) in [5.74, 6) is 1.38. The molecule has 5 rings (SSSR count). The van der Waals surface area contributed by atoms with Crippen molar-refractivity contribution in [2.75, 3.05) is 33.3 Å². The van der Waals surface area contributed by atoms with Crippen molar-refractivity contribution in [2.45, 2.75) is 45.8 Å². The van der Waals surface area contributed by atoms with Gasteiger partial charge in [-0.25, -0.2) is 19.7 Å². The molecule has 10 heteroatoms. The van der Waals surface area contributed by atoms with Gasteiger partial charge in [0.1, 0.15) is 17.8 Å². The Morgan fingerprint density at radius 2 is 1.85 bits per heavy atom. The number of rotatable bonds is 6. The molecular formula is C29H35N7O3. The minimum absolute atomic E-state index is 0.204. The summed E-state index contributed by atoms with van der Waals surface area (Å²) in [7, 11) is 1.59. The number of nitrogens with one attached hydrogen (secondary N) is 1. The van der Waals surface area contributed by atoms with Gasteiger partial charge in [-0.1, -0.05) is 6.07 Å². The molecule has 0 saturated carbocycles. The maximum Gasteiger partial charge on any atom is 0.410 e. The van der Waals surface area contributed by atoms with Crippen molar-refractivity contribution in [2.24, 2.45) is 0 Å². The summed E-state index contributed by atoms with van der Waals surface area (Å²) in [6.07, 6.45) is 3.72. The second-order valence-electron chi connectivity index (χ2n) is 10.8. The van der Waals surface area contributed by atoms with Crippen molar-refractivity contribution in [3.05, 3.63) is 66.0 Å². The number of nitrogens with zero attached hydrogens (tertiary/aromatic N) is 6. The number of piperazine rings is 1. The molecule has 1 aliphatic rings. The van der Waals surface area contributed by atoms with Crippen molar-refractivity contribution in [1.29, 1.82) is 0 Å². The fraction of sp³-hybridized carbons (Fsp3) is 0.414. The molecule has 1 N–H and O–H groups in total. The Morgan fingerprint density at radius 3 is 2.59 bits per heavy atom. The molecule has 0 bridgehead atoms. The number of imidazole rings is 1. The maximum absolute atomic E-state index is 12.4. The molecule has 1 aliphatic heterocycles. The third kappa shape index (κ3) is 6.34. The average molecular weight is 530 g/mol. The molecule has 0 spiro atoms. The Morgan fingerprint density at radius 1 is 1.05 bits per heavy atom. The van der Waals surface area contributed by atoms with Crippen LogP contribution in [-0.4, -0.2) is 79.7 Å². The smallest absolute Gasteiger partial charge is 0.410 e. The first-order valence-corrected chi connectivity index (χ1v) is 13.2. The largest absolute Gasteiger partial charge is 0.481 e. The molecule has 0 radical (unpaired) electrons. The van der Waals surface area contributed by atoms with Gasteiger partial charge in [0.15, 0.2) is 0 Å². The molecule has 1 atom stereocenters. The van der Waals surface area contributed by atoms with Gasteiger partial charge in [-0.15, -0.1) is 0 Å². The summed E-state index contributed by atoms with van der Waals surface area (Å²) in [6, 6.07) is 12.3. The number of fused-ring (bicyclic) bond motifs is 1. The predicted octanol–water partition coefficient (Wildman–Crippen LogP) is 4.63. The van der Waals surface area contributed by atoms with Crippen molar-refractivity contribution in [1.82, 2.24) is 34.7 Å². The maximum atomic E-state index is 12.4. The lowest BCUT2D eigenvalue weighted by Gasteiger charge is -2.38. The molecular weight excluding hydrogens is 494 g/mol. The number of aromatic nitrogens is 5.